The molecule has 2 aliphatic rings. The number of rotatable bonds is 0. The van der Waals surface area contributed by atoms with Crippen molar-refractivity contribution in [3.8, 4) is 34.5 Å². The van der Waals surface area contributed by atoms with Crippen LogP contribution >= 0.6 is 0 Å². The first-order chi connectivity index (χ1) is 18.0. The molecule has 4 aromatic rings. The van der Waals surface area contributed by atoms with Gasteiger partial charge in [-0.3, -0.25) is 19.2 Å². The Hall–Kier alpha value is -5.20. The summed E-state index contributed by atoms with van der Waals surface area (Å²) in [4.78, 5) is 48.8. The molecule has 0 aliphatic heterocycles. The molecule has 0 saturated heterocycles. The number of fused-ring (bicyclic) bond motifs is 4. The van der Waals surface area contributed by atoms with Crippen LogP contribution in [0.4, 0.5) is 0 Å². The minimum atomic E-state index is -0.944. The molecule has 2 aliphatic carbocycles. The van der Waals surface area contributed by atoms with E-state index >= 15 is 0 Å². The van der Waals surface area contributed by atoms with Crippen LogP contribution in [0.3, 0.4) is 0 Å². The summed E-state index contributed by atoms with van der Waals surface area (Å²) in [5.74, 6) is -7.06. The molecule has 0 atom stereocenters. The van der Waals surface area contributed by atoms with E-state index < -0.39 is 68.8 Å². The molecule has 41 heavy (non-hydrogen) atoms. The van der Waals surface area contributed by atoms with Gasteiger partial charge >= 0.3 is 17.1 Å². The van der Waals surface area contributed by atoms with E-state index in [0.717, 1.165) is 12.1 Å². The van der Waals surface area contributed by atoms with E-state index in [2.05, 4.69) is 0 Å². The number of phenolic OH excluding ortho intramolecular Hbond substituents is 4. The number of carbonyl (C=O) groups excluding carboxylic acids is 4. The fraction of sp³-hybridized carbons (Fsp3) is 0. The molecule has 0 bridgehead atoms. The van der Waals surface area contributed by atoms with Gasteiger partial charge in [0.05, 0.1) is 11.1 Å². The number of hydrogen-bond donors (Lipinski definition) is 4. The van der Waals surface area contributed by atoms with Crippen molar-refractivity contribution in [1.82, 2.24) is 0 Å². The number of carbonyl (C=O) groups is 4. The van der Waals surface area contributed by atoms with Crippen LogP contribution < -0.4 is 10.2 Å². The van der Waals surface area contributed by atoms with Crippen LogP contribution in [0.25, 0.3) is 0 Å². The molecule has 0 heterocycles. The van der Waals surface area contributed by atoms with Gasteiger partial charge in [0.2, 0.25) is 0 Å². The van der Waals surface area contributed by atoms with E-state index in [4.69, 9.17) is 0 Å². The van der Waals surface area contributed by atoms with E-state index in [-0.39, 0.29) is 61.4 Å². The van der Waals surface area contributed by atoms with Crippen LogP contribution in [0.1, 0.15) is 63.7 Å². The Kier molecular flexibility index (Phi) is 8.98. The molecule has 4 aromatic carbocycles. The van der Waals surface area contributed by atoms with Gasteiger partial charge in [0, 0.05) is 45.5 Å². The normalized spacial score (nSPS) is 12.1. The average molecular weight is 610 g/mol. The topological polar surface area (TPSA) is 258 Å². The second kappa shape index (κ2) is 11.5. The SMILES string of the molecule is O.O.O=C1c2ccccc2C(=O)c2c([O-])c(O)cc(O)c21.O=C1c2ccccc2C(=O)c2c([O-])c(O)cc(O)c21.[Cu+2]. The second-order valence-corrected chi connectivity index (χ2v) is 8.40. The third kappa shape index (κ3) is 4.75. The molecule has 0 amide bonds. The third-order valence-electron chi connectivity index (χ3n) is 6.22. The summed E-state index contributed by atoms with van der Waals surface area (Å²) in [5.41, 5.74) is -1.15. The summed E-state index contributed by atoms with van der Waals surface area (Å²) in [6, 6.07) is 13.6. The van der Waals surface area contributed by atoms with E-state index in [1.54, 1.807) is 24.3 Å². The molecule has 213 valence electrons. The van der Waals surface area contributed by atoms with Crippen LogP contribution in [0.2, 0.25) is 0 Å². The fourth-order valence-electron chi connectivity index (χ4n) is 4.46. The Morgan fingerprint density at radius 1 is 0.439 bits per heavy atom. The van der Waals surface area contributed by atoms with Crippen LogP contribution in [-0.4, -0.2) is 54.5 Å². The Labute approximate surface area is 240 Å². The number of aromatic hydroxyl groups is 4. The van der Waals surface area contributed by atoms with Crippen molar-refractivity contribution in [3.05, 3.63) is 105 Å². The van der Waals surface area contributed by atoms with Crippen molar-refractivity contribution in [2.45, 2.75) is 0 Å². The zero-order valence-electron chi connectivity index (χ0n) is 20.3. The van der Waals surface area contributed by atoms with Crippen molar-refractivity contribution in [3.63, 3.8) is 0 Å². The molecule has 0 fully saturated rings. The van der Waals surface area contributed by atoms with E-state index in [1.165, 1.54) is 24.3 Å². The number of phenols is 4. The standard InChI is InChI=1S/2C14H8O5.Cu.2H2O/c2*15-8-5-9(16)14(19)11-10(8)12(17)6-3-1-2-4-7(6)13(11)18;;;/h2*1-5,15-16,19H;;2*1H2/q;;+2;;/p-2. The van der Waals surface area contributed by atoms with Crippen LogP contribution in [-0.2, 0) is 17.1 Å². The first-order valence-corrected chi connectivity index (χ1v) is 10.9. The first kappa shape index (κ1) is 32.0. The van der Waals surface area contributed by atoms with Gasteiger partial charge in [0.25, 0.3) is 0 Å². The van der Waals surface area contributed by atoms with E-state index in [0.29, 0.717) is 0 Å². The zero-order valence-corrected chi connectivity index (χ0v) is 21.3. The van der Waals surface area contributed by atoms with Gasteiger partial charge < -0.3 is 41.6 Å². The second-order valence-electron chi connectivity index (χ2n) is 8.40. The van der Waals surface area contributed by atoms with Crippen molar-refractivity contribution in [2.75, 3.05) is 0 Å². The van der Waals surface area contributed by atoms with Crippen molar-refractivity contribution < 1.29 is 77.8 Å². The number of benzene rings is 4. The van der Waals surface area contributed by atoms with Gasteiger partial charge in [-0.05, 0) is 0 Å². The number of hydrogen-bond acceptors (Lipinski definition) is 10. The Morgan fingerprint density at radius 3 is 0.951 bits per heavy atom. The summed E-state index contributed by atoms with van der Waals surface area (Å²) >= 11 is 0. The van der Waals surface area contributed by atoms with Crippen molar-refractivity contribution in [1.29, 1.82) is 0 Å². The van der Waals surface area contributed by atoms with Gasteiger partial charge in [-0.1, -0.05) is 60.0 Å². The first-order valence-electron chi connectivity index (χ1n) is 10.9. The van der Waals surface area contributed by atoms with Crippen molar-refractivity contribution in [2.24, 2.45) is 0 Å². The third-order valence-corrected chi connectivity index (χ3v) is 6.22. The molecule has 0 saturated carbocycles. The monoisotopic (exact) mass is 609 g/mol. The molecule has 13 heteroatoms. The van der Waals surface area contributed by atoms with Crippen LogP contribution in [0.5, 0.6) is 34.5 Å². The van der Waals surface area contributed by atoms with E-state index in [9.17, 15) is 49.8 Å². The predicted octanol–water partition coefficient (Wildman–Crippen LogP) is 0.242. The van der Waals surface area contributed by atoms with Gasteiger partial charge in [0.15, 0.2) is 23.1 Å². The maximum Gasteiger partial charge on any atom is 2.00 e. The molecular formula is C28H18CuO12. The van der Waals surface area contributed by atoms with Crippen LogP contribution in [0.15, 0.2) is 60.7 Å². The molecule has 6 rings (SSSR count). The van der Waals surface area contributed by atoms with Crippen molar-refractivity contribution >= 4 is 23.1 Å². The summed E-state index contributed by atoms with van der Waals surface area (Å²) in [6.07, 6.45) is 0. The molecule has 0 spiro atoms. The maximum absolute atomic E-state index is 12.2. The maximum atomic E-state index is 12.2. The smallest absolute Gasteiger partial charge is 0.869 e. The average Bonchev–Trinajstić information content (AvgIpc) is 2.90. The minimum Gasteiger partial charge on any atom is -0.869 e. The Bertz CT molecular complexity index is 1630. The summed E-state index contributed by atoms with van der Waals surface area (Å²) in [5, 5.41) is 61.7. The minimum absolute atomic E-state index is 0. The predicted molar refractivity (Wildman–Crippen MR) is 132 cm³/mol. The summed E-state index contributed by atoms with van der Waals surface area (Å²) in [7, 11) is 0. The molecule has 12 nitrogen and oxygen atoms in total. The van der Waals surface area contributed by atoms with Gasteiger partial charge in [-0.25, -0.2) is 0 Å². The number of ketones is 4. The largest absolute Gasteiger partial charge is 2.00 e. The zero-order chi connectivity index (χ0) is 27.5. The Morgan fingerprint density at radius 2 is 0.683 bits per heavy atom. The molecule has 8 N–H and O–H groups in total. The molecule has 0 aromatic heterocycles. The van der Waals surface area contributed by atoms with Gasteiger partial charge in [-0.2, -0.15) is 0 Å². The molecule has 1 radical (unpaired) electrons. The van der Waals surface area contributed by atoms with Gasteiger partial charge in [-0.15, -0.1) is 0 Å². The quantitative estimate of drug-likeness (QED) is 0.170. The van der Waals surface area contributed by atoms with E-state index in [1.807, 2.05) is 0 Å². The van der Waals surface area contributed by atoms with Gasteiger partial charge in [0.1, 0.15) is 23.0 Å². The fourth-order valence-corrected chi connectivity index (χ4v) is 4.46. The molecular weight excluding hydrogens is 592 g/mol. The summed E-state index contributed by atoms with van der Waals surface area (Å²) in [6.45, 7) is 0. The summed E-state index contributed by atoms with van der Waals surface area (Å²) < 4.78 is 0. The molecule has 0 unspecified atom stereocenters. The Balaban J connectivity index is 0.000000267. The van der Waals surface area contributed by atoms with Crippen LogP contribution in [0, 0.1) is 0 Å².